The molecular weight excluding hydrogens is 286 g/mol. The number of aryl methyl sites for hydroxylation is 1. The third-order valence-electron chi connectivity index (χ3n) is 2.21. The molecule has 19 heavy (non-hydrogen) atoms. The molecule has 1 amide bonds. The Kier molecular flexibility index (Phi) is 4.23. The number of aromatic carboxylic acids is 1. The lowest BCUT2D eigenvalue weighted by Crippen LogP contribution is -2.25. The Balaban J connectivity index is 1.85. The highest BCUT2D eigenvalue weighted by molar-refractivity contribution is 7.11. The molecule has 2 heterocycles. The number of amides is 1. The topological polar surface area (TPSA) is 92.2 Å². The summed E-state index contributed by atoms with van der Waals surface area (Å²) in [5, 5.41) is 15.8. The molecule has 2 rings (SSSR count). The molecule has 2 N–H and O–H groups in total. The van der Waals surface area contributed by atoms with Crippen molar-refractivity contribution in [1.29, 1.82) is 0 Å². The molecule has 0 atom stereocenters. The van der Waals surface area contributed by atoms with E-state index in [4.69, 9.17) is 5.11 Å². The molecule has 0 aliphatic carbocycles. The van der Waals surface area contributed by atoms with Crippen LogP contribution in [0.3, 0.4) is 0 Å². The highest BCUT2D eigenvalue weighted by Crippen LogP contribution is 2.10. The lowest BCUT2D eigenvalue weighted by Gasteiger charge is -2.00. The number of nitrogens with one attached hydrogen (secondary N) is 1. The molecule has 0 unspecified atom stereocenters. The van der Waals surface area contributed by atoms with E-state index in [0.29, 0.717) is 13.0 Å². The van der Waals surface area contributed by atoms with Gasteiger partial charge in [-0.15, -0.1) is 22.7 Å². The van der Waals surface area contributed by atoms with E-state index in [2.05, 4.69) is 15.3 Å². The number of hydrogen-bond acceptors (Lipinski definition) is 6. The van der Waals surface area contributed by atoms with Gasteiger partial charge in [-0.05, 0) is 6.92 Å². The minimum Gasteiger partial charge on any atom is -0.476 e. The van der Waals surface area contributed by atoms with Gasteiger partial charge in [0, 0.05) is 29.4 Å². The summed E-state index contributed by atoms with van der Waals surface area (Å²) in [6.07, 6.45) is 0.654. The van der Waals surface area contributed by atoms with Gasteiger partial charge in [0.25, 0.3) is 5.91 Å². The molecule has 0 fully saturated rings. The van der Waals surface area contributed by atoms with E-state index in [-0.39, 0.29) is 16.6 Å². The van der Waals surface area contributed by atoms with Crippen LogP contribution in [0.1, 0.15) is 31.0 Å². The first-order valence-electron chi connectivity index (χ1n) is 5.44. The Labute approximate surface area is 117 Å². The molecule has 8 heteroatoms. The van der Waals surface area contributed by atoms with Gasteiger partial charge in [-0.3, -0.25) is 4.79 Å². The summed E-state index contributed by atoms with van der Waals surface area (Å²) in [7, 11) is 0. The van der Waals surface area contributed by atoms with Gasteiger partial charge >= 0.3 is 5.97 Å². The average molecular weight is 297 g/mol. The van der Waals surface area contributed by atoms with Crippen LogP contribution in [-0.4, -0.2) is 33.5 Å². The van der Waals surface area contributed by atoms with Crippen molar-refractivity contribution in [3.05, 3.63) is 32.2 Å². The molecule has 0 saturated carbocycles. The first-order chi connectivity index (χ1) is 9.06. The Hall–Kier alpha value is -1.80. The summed E-state index contributed by atoms with van der Waals surface area (Å²) in [6.45, 7) is 2.37. The first kappa shape index (κ1) is 13.6. The van der Waals surface area contributed by atoms with Gasteiger partial charge in [0.1, 0.15) is 0 Å². The largest absolute Gasteiger partial charge is 0.476 e. The highest BCUT2D eigenvalue weighted by Gasteiger charge is 2.14. The fourth-order valence-corrected chi connectivity index (χ4v) is 2.84. The van der Waals surface area contributed by atoms with Crippen molar-refractivity contribution in [1.82, 2.24) is 15.3 Å². The minimum absolute atomic E-state index is 0.106. The van der Waals surface area contributed by atoms with Crippen LogP contribution in [0, 0.1) is 6.92 Å². The van der Waals surface area contributed by atoms with Gasteiger partial charge in [0.15, 0.2) is 10.7 Å². The van der Waals surface area contributed by atoms with E-state index in [1.54, 1.807) is 11.3 Å². The number of carboxylic acid groups (broad SMARTS) is 1. The summed E-state index contributed by atoms with van der Waals surface area (Å²) >= 11 is 2.57. The first-order valence-corrected chi connectivity index (χ1v) is 7.20. The zero-order valence-electron chi connectivity index (χ0n) is 10.0. The molecule has 0 spiro atoms. The fourth-order valence-electron chi connectivity index (χ4n) is 1.35. The predicted octanol–water partition coefficient (Wildman–Crippen LogP) is 1.58. The lowest BCUT2D eigenvalue weighted by molar-refractivity contribution is 0.0691. The van der Waals surface area contributed by atoms with Crippen LogP contribution in [0.5, 0.6) is 0 Å². The second-order valence-electron chi connectivity index (χ2n) is 3.73. The van der Waals surface area contributed by atoms with E-state index in [1.165, 1.54) is 5.38 Å². The Morgan fingerprint density at radius 2 is 2.11 bits per heavy atom. The molecule has 6 nitrogen and oxygen atoms in total. The summed E-state index contributed by atoms with van der Waals surface area (Å²) in [6, 6.07) is 0. The predicted molar refractivity (Wildman–Crippen MR) is 72.0 cm³/mol. The van der Waals surface area contributed by atoms with Crippen LogP contribution >= 0.6 is 22.7 Å². The lowest BCUT2D eigenvalue weighted by atomic mass is 10.4. The van der Waals surface area contributed by atoms with Crippen LogP contribution in [0.15, 0.2) is 10.8 Å². The molecule has 0 aliphatic heterocycles. The van der Waals surface area contributed by atoms with E-state index >= 15 is 0 Å². The van der Waals surface area contributed by atoms with Crippen molar-refractivity contribution < 1.29 is 14.7 Å². The Bertz CT molecular complexity index is 606. The van der Waals surface area contributed by atoms with E-state index in [1.807, 2.05) is 12.3 Å². The molecule has 0 radical (unpaired) electrons. The smallest absolute Gasteiger partial charge is 0.355 e. The number of carbonyl (C=O) groups excluding carboxylic acids is 1. The normalized spacial score (nSPS) is 10.4. The number of nitrogens with zero attached hydrogens (tertiary/aromatic N) is 2. The van der Waals surface area contributed by atoms with Crippen LogP contribution in [0.4, 0.5) is 0 Å². The third-order valence-corrected chi connectivity index (χ3v) is 4.08. The third kappa shape index (κ3) is 3.58. The zero-order valence-corrected chi connectivity index (χ0v) is 11.7. The quantitative estimate of drug-likeness (QED) is 0.874. The fraction of sp³-hybridized carbons (Fsp3) is 0.273. The van der Waals surface area contributed by atoms with Crippen molar-refractivity contribution in [2.24, 2.45) is 0 Å². The summed E-state index contributed by atoms with van der Waals surface area (Å²) in [5.74, 6) is -1.49. The van der Waals surface area contributed by atoms with Crippen molar-refractivity contribution in [3.63, 3.8) is 0 Å². The van der Waals surface area contributed by atoms with Crippen LogP contribution in [0.25, 0.3) is 0 Å². The second-order valence-corrected chi connectivity index (χ2v) is 5.53. The maximum atomic E-state index is 11.7. The molecule has 100 valence electrons. The number of thiazole rings is 2. The standard InChI is InChI=1S/C11H11N3O3S2/c1-6-4-18-8(13-6)2-3-12-9(15)10-14-7(5-19-10)11(16)17/h4-5H,2-3H2,1H3,(H,12,15)(H,16,17). The SMILES string of the molecule is Cc1csc(CCNC(=O)c2nc(C(=O)O)cs2)n1. The van der Waals surface area contributed by atoms with Gasteiger partial charge in [0.05, 0.1) is 5.01 Å². The summed E-state index contributed by atoms with van der Waals surface area (Å²) in [5.41, 5.74) is 0.864. The summed E-state index contributed by atoms with van der Waals surface area (Å²) in [4.78, 5) is 30.4. The van der Waals surface area contributed by atoms with Crippen LogP contribution < -0.4 is 5.32 Å². The number of hydrogen-bond donors (Lipinski definition) is 2. The monoisotopic (exact) mass is 297 g/mol. The van der Waals surface area contributed by atoms with Gasteiger partial charge in [-0.2, -0.15) is 0 Å². The maximum absolute atomic E-state index is 11.7. The maximum Gasteiger partial charge on any atom is 0.355 e. The number of aromatic nitrogens is 2. The summed E-state index contributed by atoms with van der Waals surface area (Å²) < 4.78 is 0. The second kappa shape index (κ2) is 5.89. The molecule has 2 aromatic heterocycles. The van der Waals surface area contributed by atoms with E-state index in [9.17, 15) is 9.59 Å². The van der Waals surface area contributed by atoms with Crippen LogP contribution in [0.2, 0.25) is 0 Å². The molecule has 0 bridgehead atoms. The van der Waals surface area contributed by atoms with E-state index in [0.717, 1.165) is 22.0 Å². The van der Waals surface area contributed by atoms with Crippen LogP contribution in [-0.2, 0) is 6.42 Å². The molecule has 0 aliphatic rings. The van der Waals surface area contributed by atoms with Crippen molar-refractivity contribution in [3.8, 4) is 0 Å². The molecule has 0 aromatic carbocycles. The average Bonchev–Trinajstić information content (AvgIpc) is 2.98. The number of rotatable bonds is 5. The van der Waals surface area contributed by atoms with Crippen molar-refractivity contribution >= 4 is 34.6 Å². The van der Waals surface area contributed by atoms with E-state index < -0.39 is 5.97 Å². The van der Waals surface area contributed by atoms with Crippen molar-refractivity contribution in [2.45, 2.75) is 13.3 Å². The minimum atomic E-state index is -1.13. The van der Waals surface area contributed by atoms with Gasteiger partial charge < -0.3 is 10.4 Å². The van der Waals surface area contributed by atoms with Crippen molar-refractivity contribution in [2.75, 3.05) is 6.54 Å². The van der Waals surface area contributed by atoms with Gasteiger partial charge in [-0.25, -0.2) is 14.8 Å². The molecular formula is C11H11N3O3S2. The Morgan fingerprint density at radius 3 is 2.68 bits per heavy atom. The number of carbonyl (C=O) groups is 2. The van der Waals surface area contributed by atoms with Gasteiger partial charge in [-0.1, -0.05) is 0 Å². The Morgan fingerprint density at radius 1 is 1.32 bits per heavy atom. The number of carboxylic acids is 1. The highest BCUT2D eigenvalue weighted by atomic mass is 32.1. The molecule has 0 saturated heterocycles. The zero-order chi connectivity index (χ0) is 13.8. The van der Waals surface area contributed by atoms with Gasteiger partial charge in [0.2, 0.25) is 0 Å². The molecule has 2 aromatic rings.